The maximum Gasteiger partial charge on any atom is 0.262 e. The van der Waals surface area contributed by atoms with Crippen LogP contribution in [-0.2, 0) is 11.2 Å². The van der Waals surface area contributed by atoms with Gasteiger partial charge in [-0.15, -0.1) is 0 Å². The van der Waals surface area contributed by atoms with Crippen LogP contribution in [0.1, 0.15) is 36.7 Å². The lowest BCUT2D eigenvalue weighted by Gasteiger charge is -2.18. The molecule has 0 fully saturated rings. The second-order valence-electron chi connectivity index (χ2n) is 6.76. The monoisotopic (exact) mass is 339 g/mol. The topological polar surface area (TPSA) is 64.6 Å². The van der Waals surface area contributed by atoms with Crippen molar-refractivity contribution < 1.29 is 19.1 Å². The number of hydrogen-bond acceptors (Lipinski definition) is 4. The number of para-hydroxylation sites is 1. The standard InChI is InChI=1S/C20H21NO4/c1-13(22)14-6-4-8-16(10-14)21-18(23)12-24-17-9-5-7-15-11-20(2,3)25-19(15)17/h4-10H,11-12H2,1-3H3,(H,21,23). The molecule has 0 atom stereocenters. The molecule has 2 aromatic rings. The van der Waals surface area contributed by atoms with Crippen molar-refractivity contribution in [1.29, 1.82) is 0 Å². The van der Waals surface area contributed by atoms with Gasteiger partial charge in [0.05, 0.1) is 0 Å². The SMILES string of the molecule is CC(=O)c1cccc(NC(=O)COc2cccc3c2OC(C)(C)C3)c1. The highest BCUT2D eigenvalue weighted by molar-refractivity contribution is 5.97. The summed E-state index contributed by atoms with van der Waals surface area (Å²) in [7, 11) is 0. The number of carbonyl (C=O) groups is 2. The van der Waals surface area contributed by atoms with Gasteiger partial charge in [0, 0.05) is 23.2 Å². The Hall–Kier alpha value is -2.82. The lowest BCUT2D eigenvalue weighted by molar-refractivity contribution is -0.118. The number of nitrogens with one attached hydrogen (secondary N) is 1. The van der Waals surface area contributed by atoms with E-state index in [9.17, 15) is 9.59 Å². The van der Waals surface area contributed by atoms with Crippen LogP contribution in [-0.4, -0.2) is 23.9 Å². The molecule has 0 aliphatic carbocycles. The summed E-state index contributed by atoms with van der Waals surface area (Å²) >= 11 is 0. The third kappa shape index (κ3) is 3.99. The summed E-state index contributed by atoms with van der Waals surface area (Å²) in [6.45, 7) is 5.39. The van der Waals surface area contributed by atoms with Crippen molar-refractivity contribution in [2.45, 2.75) is 32.8 Å². The Labute approximate surface area is 147 Å². The Morgan fingerprint density at radius 1 is 1.20 bits per heavy atom. The lowest BCUT2D eigenvalue weighted by Crippen LogP contribution is -2.25. The Balaban J connectivity index is 1.64. The first-order chi connectivity index (χ1) is 11.8. The molecule has 5 nitrogen and oxygen atoms in total. The smallest absolute Gasteiger partial charge is 0.262 e. The van der Waals surface area contributed by atoms with Crippen LogP contribution in [0.2, 0.25) is 0 Å². The molecule has 2 aromatic carbocycles. The summed E-state index contributed by atoms with van der Waals surface area (Å²) in [4.78, 5) is 23.5. The molecule has 1 amide bonds. The second-order valence-corrected chi connectivity index (χ2v) is 6.76. The van der Waals surface area contributed by atoms with Crippen molar-refractivity contribution in [3.63, 3.8) is 0 Å². The minimum absolute atomic E-state index is 0.0491. The van der Waals surface area contributed by atoms with Gasteiger partial charge in [-0.05, 0) is 39.0 Å². The minimum Gasteiger partial charge on any atom is -0.483 e. The van der Waals surface area contributed by atoms with Gasteiger partial charge in [-0.2, -0.15) is 0 Å². The number of rotatable bonds is 5. The maximum absolute atomic E-state index is 12.1. The van der Waals surface area contributed by atoms with E-state index in [1.54, 1.807) is 30.3 Å². The fourth-order valence-electron chi connectivity index (χ4n) is 2.86. The van der Waals surface area contributed by atoms with Gasteiger partial charge in [-0.25, -0.2) is 0 Å². The first kappa shape index (κ1) is 17.0. The lowest BCUT2D eigenvalue weighted by atomic mass is 10.0. The highest BCUT2D eigenvalue weighted by atomic mass is 16.5. The molecule has 0 saturated heterocycles. The van der Waals surface area contributed by atoms with Gasteiger partial charge < -0.3 is 14.8 Å². The largest absolute Gasteiger partial charge is 0.483 e. The molecular formula is C20H21NO4. The molecule has 1 aliphatic heterocycles. The highest BCUT2D eigenvalue weighted by Gasteiger charge is 2.32. The van der Waals surface area contributed by atoms with Gasteiger partial charge >= 0.3 is 0 Å². The number of ketones is 1. The molecule has 0 spiro atoms. The fourth-order valence-corrected chi connectivity index (χ4v) is 2.86. The van der Waals surface area contributed by atoms with Crippen molar-refractivity contribution in [3.05, 3.63) is 53.6 Å². The Morgan fingerprint density at radius 2 is 1.96 bits per heavy atom. The predicted molar refractivity (Wildman–Crippen MR) is 95.4 cm³/mol. The summed E-state index contributed by atoms with van der Waals surface area (Å²) in [6, 6.07) is 12.5. The molecule has 0 saturated carbocycles. The first-order valence-corrected chi connectivity index (χ1v) is 8.19. The second kappa shape index (κ2) is 6.59. The van der Waals surface area contributed by atoms with Crippen LogP contribution in [0.25, 0.3) is 0 Å². The number of anilines is 1. The van der Waals surface area contributed by atoms with Gasteiger partial charge in [0.15, 0.2) is 23.9 Å². The molecule has 1 heterocycles. The third-order valence-electron chi connectivity index (χ3n) is 3.97. The fraction of sp³-hybridized carbons (Fsp3) is 0.300. The molecule has 3 rings (SSSR count). The van der Waals surface area contributed by atoms with E-state index in [1.807, 2.05) is 26.0 Å². The van der Waals surface area contributed by atoms with E-state index >= 15 is 0 Å². The zero-order valence-electron chi connectivity index (χ0n) is 14.6. The molecule has 1 aliphatic rings. The van der Waals surface area contributed by atoms with Crippen LogP contribution in [0, 0.1) is 0 Å². The number of fused-ring (bicyclic) bond motifs is 1. The number of amides is 1. The molecule has 0 aromatic heterocycles. The minimum atomic E-state index is -0.296. The maximum atomic E-state index is 12.1. The van der Waals surface area contributed by atoms with Crippen LogP contribution < -0.4 is 14.8 Å². The summed E-state index contributed by atoms with van der Waals surface area (Å²) in [5.41, 5.74) is 1.93. The zero-order valence-corrected chi connectivity index (χ0v) is 14.6. The third-order valence-corrected chi connectivity index (χ3v) is 3.97. The Kier molecular flexibility index (Phi) is 4.49. The molecule has 0 radical (unpaired) electrons. The van der Waals surface area contributed by atoms with Crippen LogP contribution in [0.4, 0.5) is 5.69 Å². The molecular weight excluding hydrogens is 318 g/mol. The Morgan fingerprint density at radius 3 is 2.72 bits per heavy atom. The molecule has 0 unspecified atom stereocenters. The summed E-state index contributed by atoms with van der Waals surface area (Å²) < 4.78 is 11.6. The van der Waals surface area contributed by atoms with Gasteiger partial charge in [-0.1, -0.05) is 24.3 Å². The number of carbonyl (C=O) groups excluding carboxylic acids is 2. The van der Waals surface area contributed by atoms with Gasteiger partial charge in [0.25, 0.3) is 5.91 Å². The van der Waals surface area contributed by atoms with Crippen molar-refractivity contribution in [2.75, 3.05) is 11.9 Å². The van der Waals surface area contributed by atoms with Gasteiger partial charge in [-0.3, -0.25) is 9.59 Å². The van der Waals surface area contributed by atoms with Crippen LogP contribution in [0.3, 0.4) is 0 Å². The number of benzene rings is 2. The van der Waals surface area contributed by atoms with Crippen LogP contribution in [0.5, 0.6) is 11.5 Å². The van der Waals surface area contributed by atoms with E-state index in [1.165, 1.54) is 6.92 Å². The van der Waals surface area contributed by atoms with Gasteiger partial charge in [0.1, 0.15) is 5.60 Å². The van der Waals surface area contributed by atoms with Crippen molar-refractivity contribution in [3.8, 4) is 11.5 Å². The molecule has 130 valence electrons. The van der Waals surface area contributed by atoms with Crippen molar-refractivity contribution in [1.82, 2.24) is 0 Å². The predicted octanol–water partition coefficient (Wildman–Crippen LogP) is 3.62. The highest BCUT2D eigenvalue weighted by Crippen LogP contribution is 2.41. The van der Waals surface area contributed by atoms with E-state index in [2.05, 4.69) is 5.32 Å². The summed E-state index contributed by atoms with van der Waals surface area (Å²) in [5.74, 6) is 0.928. The number of hydrogen-bond donors (Lipinski definition) is 1. The van der Waals surface area contributed by atoms with Crippen LogP contribution in [0.15, 0.2) is 42.5 Å². The Bertz CT molecular complexity index is 826. The summed E-state index contributed by atoms with van der Waals surface area (Å²) in [5, 5.41) is 2.73. The zero-order chi connectivity index (χ0) is 18.0. The molecule has 25 heavy (non-hydrogen) atoms. The quantitative estimate of drug-likeness (QED) is 0.845. The molecule has 0 bridgehead atoms. The average molecular weight is 339 g/mol. The van der Waals surface area contributed by atoms with E-state index in [0.717, 1.165) is 12.0 Å². The van der Waals surface area contributed by atoms with Gasteiger partial charge in [0.2, 0.25) is 0 Å². The number of ether oxygens (including phenoxy) is 2. The van der Waals surface area contributed by atoms with E-state index < -0.39 is 0 Å². The van der Waals surface area contributed by atoms with E-state index in [4.69, 9.17) is 9.47 Å². The van der Waals surface area contributed by atoms with Crippen LogP contribution >= 0.6 is 0 Å². The number of Topliss-reactive ketones (excluding diaryl/α,β-unsaturated/α-hetero) is 1. The average Bonchev–Trinajstić information content (AvgIpc) is 2.87. The van der Waals surface area contributed by atoms with Crippen molar-refractivity contribution in [2.24, 2.45) is 0 Å². The molecule has 5 heteroatoms. The van der Waals surface area contributed by atoms with E-state index in [-0.39, 0.29) is 23.9 Å². The summed E-state index contributed by atoms with van der Waals surface area (Å²) in [6.07, 6.45) is 0.809. The molecule has 1 N–H and O–H groups in total. The first-order valence-electron chi connectivity index (χ1n) is 8.19. The van der Waals surface area contributed by atoms with E-state index in [0.29, 0.717) is 22.7 Å². The normalized spacial score (nSPS) is 14.4. The van der Waals surface area contributed by atoms with Crippen molar-refractivity contribution >= 4 is 17.4 Å².